The summed E-state index contributed by atoms with van der Waals surface area (Å²) in [7, 11) is 0. The molecule has 2 aromatic carbocycles. The van der Waals surface area contributed by atoms with E-state index in [-0.39, 0.29) is 11.9 Å². The highest BCUT2D eigenvalue weighted by molar-refractivity contribution is 5.90. The molecule has 1 fully saturated rings. The van der Waals surface area contributed by atoms with Gasteiger partial charge in [-0.3, -0.25) is 4.79 Å². The van der Waals surface area contributed by atoms with Crippen LogP contribution in [-0.2, 0) is 4.79 Å². The van der Waals surface area contributed by atoms with Crippen molar-refractivity contribution in [2.75, 3.05) is 18.9 Å². The smallest absolute Gasteiger partial charge is 0.217 e. The Morgan fingerprint density at radius 2 is 1.93 bits per heavy atom. The maximum Gasteiger partial charge on any atom is 0.217 e. The number of hydrogen-bond acceptors (Lipinski definition) is 5. The van der Waals surface area contributed by atoms with Crippen LogP contribution in [0.4, 0.5) is 5.82 Å². The Labute approximate surface area is 169 Å². The van der Waals surface area contributed by atoms with Crippen molar-refractivity contribution in [3.05, 3.63) is 42.5 Å². The van der Waals surface area contributed by atoms with Gasteiger partial charge in [0.25, 0.3) is 0 Å². The first-order chi connectivity index (χ1) is 14.0. The van der Waals surface area contributed by atoms with Crippen LogP contribution in [0.5, 0.6) is 11.5 Å². The van der Waals surface area contributed by atoms with Crippen LogP contribution in [0.2, 0.25) is 0 Å². The quantitative estimate of drug-likeness (QED) is 0.612. The topological polar surface area (TPSA) is 91.4 Å². The van der Waals surface area contributed by atoms with Crippen molar-refractivity contribution in [2.45, 2.75) is 32.7 Å². The molecule has 1 aliphatic rings. The van der Waals surface area contributed by atoms with Gasteiger partial charge < -0.3 is 20.5 Å². The number of fused-ring (bicyclic) bond motifs is 1. The third-order valence-electron chi connectivity index (χ3n) is 4.89. The second-order valence-electron chi connectivity index (χ2n) is 7.64. The Morgan fingerprint density at radius 1 is 1.21 bits per heavy atom. The summed E-state index contributed by atoms with van der Waals surface area (Å²) in [4.78, 5) is 11.1. The fourth-order valence-corrected chi connectivity index (χ4v) is 3.17. The van der Waals surface area contributed by atoms with Crippen molar-refractivity contribution in [3.63, 3.8) is 0 Å². The number of hydrogen-bond donors (Lipinski definition) is 2. The number of carbonyl (C=O) groups is 1. The zero-order chi connectivity index (χ0) is 20.4. The number of nitrogens with zero attached hydrogens (tertiary/aromatic N) is 2. The van der Waals surface area contributed by atoms with E-state index in [2.05, 4.69) is 10.4 Å². The molecule has 0 unspecified atom stereocenters. The van der Waals surface area contributed by atoms with E-state index in [0.717, 1.165) is 34.7 Å². The van der Waals surface area contributed by atoms with E-state index >= 15 is 0 Å². The van der Waals surface area contributed by atoms with Crippen molar-refractivity contribution < 1.29 is 14.3 Å². The van der Waals surface area contributed by atoms with Gasteiger partial charge in [-0.25, -0.2) is 4.68 Å². The van der Waals surface area contributed by atoms with Crippen LogP contribution in [0.15, 0.2) is 42.5 Å². The molecule has 1 aromatic heterocycles. The minimum atomic E-state index is -0.0706. The molecule has 0 saturated heterocycles. The van der Waals surface area contributed by atoms with E-state index in [1.165, 1.54) is 19.8 Å². The van der Waals surface area contributed by atoms with Gasteiger partial charge in [0, 0.05) is 18.4 Å². The van der Waals surface area contributed by atoms with E-state index in [1.807, 2.05) is 49.4 Å². The Bertz CT molecular complexity index is 1010. The number of aromatic nitrogens is 2. The molecular formula is C22H26N4O3. The van der Waals surface area contributed by atoms with Gasteiger partial charge in [0.1, 0.15) is 23.9 Å². The molecule has 1 heterocycles. The van der Waals surface area contributed by atoms with Gasteiger partial charge in [0.15, 0.2) is 0 Å². The molecule has 1 atom stereocenters. The van der Waals surface area contributed by atoms with Gasteiger partial charge in [-0.05, 0) is 62.1 Å². The predicted molar refractivity (Wildman–Crippen MR) is 112 cm³/mol. The van der Waals surface area contributed by atoms with Crippen LogP contribution in [0.3, 0.4) is 0 Å². The Balaban J connectivity index is 1.46. The largest absolute Gasteiger partial charge is 0.493 e. The minimum Gasteiger partial charge on any atom is -0.493 e. The van der Waals surface area contributed by atoms with E-state index in [4.69, 9.17) is 15.2 Å². The highest BCUT2D eigenvalue weighted by Crippen LogP contribution is 2.31. The molecule has 7 heteroatoms. The van der Waals surface area contributed by atoms with Gasteiger partial charge in [-0.15, -0.1) is 0 Å². The molecule has 0 spiro atoms. The van der Waals surface area contributed by atoms with E-state index in [0.29, 0.717) is 18.3 Å². The van der Waals surface area contributed by atoms with Gasteiger partial charge in [-0.1, -0.05) is 0 Å². The molecule has 4 rings (SSSR count). The van der Waals surface area contributed by atoms with E-state index in [1.54, 1.807) is 4.68 Å². The molecule has 1 saturated carbocycles. The fourth-order valence-electron chi connectivity index (χ4n) is 3.17. The summed E-state index contributed by atoms with van der Waals surface area (Å²) in [5.74, 6) is 2.76. The lowest BCUT2D eigenvalue weighted by Gasteiger charge is -2.14. The number of ether oxygens (including phenoxy) is 2. The van der Waals surface area contributed by atoms with Crippen molar-refractivity contribution in [2.24, 2.45) is 5.92 Å². The van der Waals surface area contributed by atoms with Crippen LogP contribution in [0.1, 0.15) is 26.7 Å². The molecule has 0 bridgehead atoms. The van der Waals surface area contributed by atoms with Crippen molar-refractivity contribution >= 4 is 22.6 Å². The van der Waals surface area contributed by atoms with Gasteiger partial charge >= 0.3 is 0 Å². The highest BCUT2D eigenvalue weighted by Gasteiger charge is 2.22. The summed E-state index contributed by atoms with van der Waals surface area (Å²) in [5.41, 5.74) is 7.98. The Kier molecular flexibility index (Phi) is 5.29. The normalized spacial score (nSPS) is 14.6. The standard InChI is InChI=1S/C22H26N4O3/c1-14(24-15(2)27)12-28-18-7-5-17(6-8-18)26-22(23)20-10-9-19(11-21(20)25-26)29-13-16-3-4-16/h5-11,14,16H,3-4,12-13,23H2,1-2H3,(H,24,27)/t14-/m0/s1. The first-order valence-electron chi connectivity index (χ1n) is 9.91. The number of rotatable bonds is 8. The lowest BCUT2D eigenvalue weighted by molar-refractivity contribution is -0.119. The van der Waals surface area contributed by atoms with Gasteiger partial charge in [0.05, 0.1) is 23.9 Å². The van der Waals surface area contributed by atoms with Crippen molar-refractivity contribution in [1.82, 2.24) is 15.1 Å². The summed E-state index contributed by atoms with van der Waals surface area (Å²) < 4.78 is 13.3. The number of nitrogens with two attached hydrogens (primary N) is 1. The molecule has 3 aromatic rings. The lowest BCUT2D eigenvalue weighted by atomic mass is 10.2. The maximum absolute atomic E-state index is 11.1. The van der Waals surface area contributed by atoms with Crippen LogP contribution < -0.4 is 20.5 Å². The summed E-state index contributed by atoms with van der Waals surface area (Å²) >= 11 is 0. The number of nitrogens with one attached hydrogen (secondary N) is 1. The SMILES string of the molecule is CC(=O)N[C@@H](C)COc1ccc(-n2nc3cc(OCC4CC4)ccc3c2N)cc1. The van der Waals surface area contributed by atoms with E-state index in [9.17, 15) is 4.79 Å². The van der Waals surface area contributed by atoms with Crippen LogP contribution >= 0.6 is 0 Å². The first-order valence-corrected chi connectivity index (χ1v) is 9.91. The highest BCUT2D eigenvalue weighted by atomic mass is 16.5. The molecule has 1 amide bonds. The van der Waals surface area contributed by atoms with E-state index < -0.39 is 0 Å². The average molecular weight is 394 g/mol. The van der Waals surface area contributed by atoms with Crippen LogP contribution in [-0.4, -0.2) is 34.9 Å². The molecule has 0 aliphatic heterocycles. The maximum atomic E-state index is 11.1. The molecule has 0 radical (unpaired) electrons. The Hall–Kier alpha value is -3.22. The van der Waals surface area contributed by atoms with Crippen molar-refractivity contribution in [3.8, 4) is 17.2 Å². The first kappa shape index (κ1) is 19.1. The third-order valence-corrected chi connectivity index (χ3v) is 4.89. The second kappa shape index (κ2) is 8.03. The number of amides is 1. The molecule has 152 valence electrons. The summed E-state index contributed by atoms with van der Waals surface area (Å²) in [6.45, 7) is 4.56. The summed E-state index contributed by atoms with van der Waals surface area (Å²) in [6, 6.07) is 13.3. The lowest BCUT2D eigenvalue weighted by Crippen LogP contribution is -2.35. The number of anilines is 1. The molecular weight excluding hydrogens is 368 g/mol. The molecule has 29 heavy (non-hydrogen) atoms. The third kappa shape index (κ3) is 4.62. The zero-order valence-electron chi connectivity index (χ0n) is 16.7. The number of nitrogen functional groups attached to an aromatic ring is 1. The molecule has 7 nitrogen and oxygen atoms in total. The number of benzene rings is 2. The van der Waals surface area contributed by atoms with Crippen molar-refractivity contribution in [1.29, 1.82) is 0 Å². The minimum absolute atomic E-state index is 0.0597. The zero-order valence-corrected chi connectivity index (χ0v) is 16.7. The van der Waals surface area contributed by atoms with Crippen LogP contribution in [0.25, 0.3) is 16.6 Å². The molecule has 1 aliphatic carbocycles. The Morgan fingerprint density at radius 3 is 2.62 bits per heavy atom. The fraction of sp³-hybridized carbons (Fsp3) is 0.364. The van der Waals surface area contributed by atoms with Gasteiger partial charge in [-0.2, -0.15) is 5.10 Å². The monoisotopic (exact) mass is 394 g/mol. The second-order valence-corrected chi connectivity index (χ2v) is 7.64. The van der Waals surface area contributed by atoms with Crippen LogP contribution in [0, 0.1) is 5.92 Å². The molecule has 3 N–H and O–H groups in total. The predicted octanol–water partition coefficient (Wildman–Crippen LogP) is 3.30. The average Bonchev–Trinajstić information content (AvgIpc) is 3.48. The summed E-state index contributed by atoms with van der Waals surface area (Å²) in [6.07, 6.45) is 2.52. The van der Waals surface area contributed by atoms with Gasteiger partial charge in [0.2, 0.25) is 5.91 Å². The summed E-state index contributed by atoms with van der Waals surface area (Å²) in [5, 5.41) is 8.33. The number of carbonyl (C=O) groups excluding carboxylic acids is 1.